The van der Waals surface area contributed by atoms with E-state index in [-0.39, 0.29) is 16.6 Å². The number of carbonyl (C=O) groups is 2. The maximum Gasteiger partial charge on any atom is 0.224 e. The third-order valence-corrected chi connectivity index (χ3v) is 3.59. The summed E-state index contributed by atoms with van der Waals surface area (Å²) < 4.78 is 0. The molecule has 0 spiro atoms. The van der Waals surface area contributed by atoms with Gasteiger partial charge < -0.3 is 10.2 Å². The summed E-state index contributed by atoms with van der Waals surface area (Å²) in [7, 11) is 0. The molecule has 0 saturated carbocycles. The minimum atomic E-state index is 0.111. The number of aldehydes is 1. The summed E-state index contributed by atoms with van der Waals surface area (Å²) in [5, 5.41) is 3.07. The van der Waals surface area contributed by atoms with Crippen LogP contribution >= 0.6 is 11.6 Å². The Hall–Kier alpha value is -1.69. The lowest BCUT2D eigenvalue weighted by molar-refractivity contribution is -0.131. The van der Waals surface area contributed by atoms with Crippen LogP contribution in [0.3, 0.4) is 0 Å². The molecule has 2 rings (SSSR count). The van der Waals surface area contributed by atoms with Crippen LogP contribution in [-0.2, 0) is 4.79 Å². The van der Waals surface area contributed by atoms with Gasteiger partial charge in [0, 0.05) is 26.1 Å². The fraction of sp³-hybridized carbons (Fsp3) is 0.538. The number of amides is 1. The first kappa shape index (κ1) is 14.7. The van der Waals surface area contributed by atoms with Crippen molar-refractivity contribution in [1.29, 1.82) is 0 Å². The zero-order valence-corrected chi connectivity index (χ0v) is 11.9. The van der Waals surface area contributed by atoms with E-state index in [0.717, 1.165) is 25.9 Å². The number of carbonyl (C=O) groups excluding carboxylic acids is 2. The Morgan fingerprint density at radius 1 is 1.35 bits per heavy atom. The summed E-state index contributed by atoms with van der Waals surface area (Å²) in [6.45, 7) is 2.11. The van der Waals surface area contributed by atoms with Gasteiger partial charge >= 0.3 is 0 Å². The lowest BCUT2D eigenvalue weighted by atomic mass is 10.1. The molecule has 7 heteroatoms. The molecule has 1 N–H and O–H groups in total. The van der Waals surface area contributed by atoms with Gasteiger partial charge in [0.2, 0.25) is 5.91 Å². The quantitative estimate of drug-likeness (QED) is 0.662. The van der Waals surface area contributed by atoms with E-state index in [4.69, 9.17) is 11.6 Å². The van der Waals surface area contributed by atoms with Gasteiger partial charge in [-0.2, -0.15) is 0 Å². The second-order valence-corrected chi connectivity index (χ2v) is 5.02. The van der Waals surface area contributed by atoms with Crippen molar-refractivity contribution in [3.05, 3.63) is 17.0 Å². The summed E-state index contributed by atoms with van der Waals surface area (Å²) in [6, 6.07) is 0. The smallest absolute Gasteiger partial charge is 0.224 e. The van der Waals surface area contributed by atoms with E-state index < -0.39 is 0 Å². The van der Waals surface area contributed by atoms with E-state index >= 15 is 0 Å². The lowest BCUT2D eigenvalue weighted by Gasteiger charge is -2.26. The lowest BCUT2D eigenvalue weighted by Crippen LogP contribution is -2.36. The Kier molecular flexibility index (Phi) is 5.29. The maximum absolute atomic E-state index is 12.0. The largest absolute Gasteiger partial charge is 0.369 e. The maximum atomic E-state index is 12.0. The van der Waals surface area contributed by atoms with Crippen molar-refractivity contribution < 1.29 is 9.59 Å². The molecule has 6 nitrogen and oxygen atoms in total. The van der Waals surface area contributed by atoms with Crippen LogP contribution in [0.2, 0.25) is 5.15 Å². The van der Waals surface area contributed by atoms with Crippen LogP contribution in [0.1, 0.15) is 36.0 Å². The number of likely N-dealkylation sites (tertiary alicyclic amines) is 1. The highest BCUT2D eigenvalue weighted by molar-refractivity contribution is 6.32. The molecule has 0 aromatic carbocycles. The predicted octanol–water partition coefficient (Wildman–Crippen LogP) is 1.76. The van der Waals surface area contributed by atoms with Crippen molar-refractivity contribution in [3.8, 4) is 0 Å². The van der Waals surface area contributed by atoms with E-state index in [1.165, 1.54) is 12.7 Å². The van der Waals surface area contributed by atoms with Crippen LogP contribution in [-0.4, -0.2) is 46.7 Å². The average Bonchev–Trinajstić information content (AvgIpc) is 2.48. The molecule has 2 heterocycles. The molecule has 1 amide bonds. The zero-order chi connectivity index (χ0) is 14.4. The van der Waals surface area contributed by atoms with Crippen LogP contribution in [0.25, 0.3) is 0 Å². The summed E-state index contributed by atoms with van der Waals surface area (Å²) in [6.07, 6.45) is 5.62. The summed E-state index contributed by atoms with van der Waals surface area (Å²) in [5.74, 6) is 0.497. The van der Waals surface area contributed by atoms with E-state index in [1.54, 1.807) is 0 Å². The number of anilines is 1. The van der Waals surface area contributed by atoms with Gasteiger partial charge in [0.25, 0.3) is 0 Å². The molecular formula is C13H17ClN4O2. The first-order valence-electron chi connectivity index (χ1n) is 6.69. The molecule has 0 atom stereocenters. The van der Waals surface area contributed by atoms with E-state index in [0.29, 0.717) is 25.1 Å². The molecule has 1 fully saturated rings. The van der Waals surface area contributed by atoms with E-state index in [9.17, 15) is 9.59 Å². The molecule has 1 aliphatic rings. The number of nitrogens with one attached hydrogen (secondary N) is 1. The average molecular weight is 297 g/mol. The first-order chi connectivity index (χ1) is 9.72. The Morgan fingerprint density at radius 3 is 2.80 bits per heavy atom. The normalized spacial score (nSPS) is 14.9. The van der Waals surface area contributed by atoms with E-state index in [2.05, 4.69) is 15.3 Å². The van der Waals surface area contributed by atoms with Crippen LogP contribution in [0, 0.1) is 0 Å². The highest BCUT2D eigenvalue weighted by atomic mass is 35.5. The van der Waals surface area contributed by atoms with Gasteiger partial charge in [-0.05, 0) is 19.3 Å². The summed E-state index contributed by atoms with van der Waals surface area (Å²) in [5.41, 5.74) is 0.222. The van der Waals surface area contributed by atoms with Gasteiger partial charge in [-0.3, -0.25) is 9.59 Å². The molecule has 1 saturated heterocycles. The van der Waals surface area contributed by atoms with Gasteiger partial charge in [0.05, 0.1) is 5.56 Å². The molecule has 0 aliphatic carbocycles. The monoisotopic (exact) mass is 296 g/mol. The first-order valence-corrected chi connectivity index (χ1v) is 7.07. The molecule has 108 valence electrons. The molecular weight excluding hydrogens is 280 g/mol. The third-order valence-electron chi connectivity index (χ3n) is 3.29. The Labute approximate surface area is 122 Å². The highest BCUT2D eigenvalue weighted by Gasteiger charge is 2.16. The third kappa shape index (κ3) is 3.66. The topological polar surface area (TPSA) is 75.2 Å². The number of hydrogen-bond donors (Lipinski definition) is 1. The van der Waals surface area contributed by atoms with Gasteiger partial charge in [0.15, 0.2) is 6.29 Å². The van der Waals surface area contributed by atoms with Crippen molar-refractivity contribution in [2.24, 2.45) is 0 Å². The Morgan fingerprint density at radius 2 is 2.10 bits per heavy atom. The number of nitrogens with zero attached hydrogens (tertiary/aromatic N) is 3. The Balaban J connectivity index is 1.85. The minimum Gasteiger partial charge on any atom is -0.369 e. The number of halogens is 1. The standard InChI is InChI=1S/C13H17ClN4O2/c14-12-10(8-19)13(17-9-16-12)15-5-4-11(20)18-6-2-1-3-7-18/h8-9H,1-7H2,(H,15,16,17). The van der Waals surface area contributed by atoms with Crippen molar-refractivity contribution >= 4 is 29.6 Å². The van der Waals surface area contributed by atoms with Crippen molar-refractivity contribution in [2.45, 2.75) is 25.7 Å². The van der Waals surface area contributed by atoms with Crippen molar-refractivity contribution in [2.75, 3.05) is 25.0 Å². The summed E-state index contributed by atoms with van der Waals surface area (Å²) >= 11 is 5.80. The molecule has 1 aromatic rings. The van der Waals surface area contributed by atoms with Gasteiger partial charge in [-0.15, -0.1) is 0 Å². The number of rotatable bonds is 5. The zero-order valence-electron chi connectivity index (χ0n) is 11.1. The van der Waals surface area contributed by atoms with Gasteiger partial charge in [-0.25, -0.2) is 9.97 Å². The second-order valence-electron chi connectivity index (χ2n) is 4.66. The van der Waals surface area contributed by atoms with Gasteiger partial charge in [-0.1, -0.05) is 11.6 Å². The number of hydrogen-bond acceptors (Lipinski definition) is 5. The number of aromatic nitrogens is 2. The fourth-order valence-electron chi connectivity index (χ4n) is 2.21. The Bertz CT molecular complexity index is 489. The van der Waals surface area contributed by atoms with Crippen molar-refractivity contribution in [3.63, 3.8) is 0 Å². The number of piperidine rings is 1. The van der Waals surface area contributed by atoms with Gasteiger partial charge in [0.1, 0.15) is 17.3 Å². The minimum absolute atomic E-state index is 0.111. The molecule has 1 aliphatic heterocycles. The second kappa shape index (κ2) is 7.19. The molecule has 0 unspecified atom stereocenters. The predicted molar refractivity (Wildman–Crippen MR) is 76.0 cm³/mol. The highest BCUT2D eigenvalue weighted by Crippen LogP contribution is 2.17. The molecule has 1 aromatic heterocycles. The van der Waals surface area contributed by atoms with Crippen LogP contribution in [0.4, 0.5) is 5.82 Å². The molecule has 0 radical (unpaired) electrons. The van der Waals surface area contributed by atoms with Crippen LogP contribution < -0.4 is 5.32 Å². The van der Waals surface area contributed by atoms with Crippen molar-refractivity contribution in [1.82, 2.24) is 14.9 Å². The SMILES string of the molecule is O=Cc1c(Cl)ncnc1NCCC(=O)N1CCCCC1. The molecule has 0 bridgehead atoms. The van der Waals surface area contributed by atoms with E-state index in [1.807, 2.05) is 4.90 Å². The van der Waals surface area contributed by atoms with Crippen LogP contribution in [0.15, 0.2) is 6.33 Å². The molecule has 20 heavy (non-hydrogen) atoms. The van der Waals surface area contributed by atoms with Crippen LogP contribution in [0.5, 0.6) is 0 Å². The fourth-order valence-corrected chi connectivity index (χ4v) is 2.39. The summed E-state index contributed by atoms with van der Waals surface area (Å²) in [4.78, 5) is 32.5.